The third kappa shape index (κ3) is 2.02. The lowest BCUT2D eigenvalue weighted by Crippen LogP contribution is -2.21. The van der Waals surface area contributed by atoms with Crippen LogP contribution in [-0.4, -0.2) is 17.8 Å². The first-order valence-electron chi connectivity index (χ1n) is 6.10. The molecule has 16 heavy (non-hydrogen) atoms. The van der Waals surface area contributed by atoms with Crippen LogP contribution in [0.5, 0.6) is 0 Å². The van der Waals surface area contributed by atoms with Crippen molar-refractivity contribution in [3.63, 3.8) is 0 Å². The second kappa shape index (κ2) is 4.60. The molecular formula is C13H22N2O. The highest BCUT2D eigenvalue weighted by Gasteiger charge is 2.22. The van der Waals surface area contributed by atoms with Gasteiger partial charge in [0.2, 0.25) is 0 Å². The van der Waals surface area contributed by atoms with Gasteiger partial charge in [0.05, 0.1) is 6.10 Å². The fourth-order valence-electron chi connectivity index (χ4n) is 2.59. The van der Waals surface area contributed by atoms with Gasteiger partial charge in [0, 0.05) is 31.1 Å². The molecule has 0 bridgehead atoms. The normalized spacial score (nSPS) is 21.9. The highest BCUT2D eigenvalue weighted by atomic mass is 16.5. The molecule has 0 saturated heterocycles. The summed E-state index contributed by atoms with van der Waals surface area (Å²) in [4.78, 5) is 0. The van der Waals surface area contributed by atoms with Gasteiger partial charge in [0.15, 0.2) is 0 Å². The zero-order valence-corrected chi connectivity index (χ0v) is 10.5. The highest BCUT2D eigenvalue weighted by Crippen LogP contribution is 2.30. The number of nitrogens with two attached hydrogens (primary N) is 1. The van der Waals surface area contributed by atoms with Gasteiger partial charge in [-0.2, -0.15) is 0 Å². The maximum absolute atomic E-state index is 6.15. The zero-order chi connectivity index (χ0) is 11.7. The van der Waals surface area contributed by atoms with Crippen LogP contribution in [0.4, 0.5) is 0 Å². The van der Waals surface area contributed by atoms with Gasteiger partial charge in [-0.15, -0.1) is 0 Å². The molecule has 0 aliphatic heterocycles. The molecule has 0 aromatic carbocycles. The first-order valence-corrected chi connectivity index (χ1v) is 6.10. The van der Waals surface area contributed by atoms with Crippen LogP contribution in [0, 0.1) is 6.92 Å². The van der Waals surface area contributed by atoms with Crippen molar-refractivity contribution in [3.8, 4) is 0 Å². The molecule has 1 aromatic heterocycles. The van der Waals surface area contributed by atoms with Crippen LogP contribution >= 0.6 is 0 Å². The molecule has 0 saturated carbocycles. The number of aryl methyl sites for hydroxylation is 1. The highest BCUT2D eigenvalue weighted by molar-refractivity contribution is 5.32. The number of hydrogen-bond acceptors (Lipinski definition) is 2. The summed E-state index contributed by atoms with van der Waals surface area (Å²) in [5.41, 5.74) is 10.2. The Morgan fingerprint density at radius 1 is 1.62 bits per heavy atom. The van der Waals surface area contributed by atoms with E-state index in [0.717, 1.165) is 19.4 Å². The minimum atomic E-state index is 0.238. The number of rotatable bonds is 3. The lowest BCUT2D eigenvalue weighted by Gasteiger charge is -2.22. The molecule has 0 fully saturated rings. The van der Waals surface area contributed by atoms with Crippen molar-refractivity contribution >= 4 is 0 Å². The van der Waals surface area contributed by atoms with Crippen molar-refractivity contribution in [2.45, 2.75) is 51.8 Å². The lowest BCUT2D eigenvalue weighted by molar-refractivity contribution is 0.102. The van der Waals surface area contributed by atoms with Gasteiger partial charge >= 0.3 is 0 Å². The van der Waals surface area contributed by atoms with E-state index in [1.54, 1.807) is 7.11 Å². The van der Waals surface area contributed by atoms with Gasteiger partial charge in [-0.3, -0.25) is 0 Å². The predicted molar refractivity (Wildman–Crippen MR) is 65.5 cm³/mol. The second-order valence-electron chi connectivity index (χ2n) is 4.84. The topological polar surface area (TPSA) is 40.2 Å². The van der Waals surface area contributed by atoms with E-state index >= 15 is 0 Å². The molecular weight excluding hydrogens is 200 g/mol. The summed E-state index contributed by atoms with van der Waals surface area (Å²) >= 11 is 0. The minimum Gasteiger partial charge on any atom is -0.380 e. The molecule has 0 amide bonds. The Balaban J connectivity index is 2.31. The molecule has 3 heteroatoms. The molecule has 1 aromatic rings. The monoisotopic (exact) mass is 222 g/mol. The number of nitrogens with zero attached hydrogens (tertiary/aromatic N) is 1. The molecule has 2 N–H and O–H groups in total. The predicted octanol–water partition coefficient (Wildman–Crippen LogP) is 2.17. The molecule has 1 aliphatic carbocycles. The summed E-state index contributed by atoms with van der Waals surface area (Å²) in [5.74, 6) is 0. The fourth-order valence-corrected chi connectivity index (χ4v) is 2.59. The standard InChI is InChI=1S/C13H22N2O/c1-9-7-11-12(14)5-4-6-13(11)15(9)8-10(2)16-3/h7,10,12H,4-6,8,14H2,1-3H3. The number of fused-ring (bicyclic) bond motifs is 1. The average molecular weight is 222 g/mol. The molecule has 0 spiro atoms. The summed E-state index contributed by atoms with van der Waals surface area (Å²) in [6.45, 7) is 5.20. The Kier molecular flexibility index (Phi) is 3.36. The van der Waals surface area contributed by atoms with Crippen molar-refractivity contribution in [1.82, 2.24) is 4.57 Å². The van der Waals surface area contributed by atoms with E-state index in [1.165, 1.54) is 23.4 Å². The Hall–Kier alpha value is -0.800. The fraction of sp³-hybridized carbons (Fsp3) is 0.692. The van der Waals surface area contributed by atoms with E-state index in [0.29, 0.717) is 0 Å². The van der Waals surface area contributed by atoms with Gasteiger partial charge in [0.25, 0.3) is 0 Å². The van der Waals surface area contributed by atoms with Crippen LogP contribution in [0.15, 0.2) is 6.07 Å². The van der Waals surface area contributed by atoms with Crippen molar-refractivity contribution in [3.05, 3.63) is 23.0 Å². The maximum Gasteiger partial charge on any atom is 0.0722 e. The van der Waals surface area contributed by atoms with Crippen molar-refractivity contribution in [2.24, 2.45) is 5.73 Å². The van der Waals surface area contributed by atoms with Crippen molar-refractivity contribution in [1.29, 1.82) is 0 Å². The van der Waals surface area contributed by atoms with Crippen LogP contribution in [-0.2, 0) is 17.7 Å². The summed E-state index contributed by atoms with van der Waals surface area (Å²) in [7, 11) is 1.77. The van der Waals surface area contributed by atoms with Gasteiger partial charge in [-0.05, 0) is 44.7 Å². The summed E-state index contributed by atoms with van der Waals surface area (Å²) < 4.78 is 7.72. The van der Waals surface area contributed by atoms with E-state index in [1.807, 2.05) is 0 Å². The van der Waals surface area contributed by atoms with Gasteiger partial charge in [-0.25, -0.2) is 0 Å². The quantitative estimate of drug-likeness (QED) is 0.851. The smallest absolute Gasteiger partial charge is 0.0722 e. The first kappa shape index (κ1) is 11.7. The van der Waals surface area contributed by atoms with E-state index < -0.39 is 0 Å². The summed E-state index contributed by atoms with van der Waals surface area (Å²) in [6.07, 6.45) is 3.75. The largest absolute Gasteiger partial charge is 0.380 e. The third-order valence-corrected chi connectivity index (χ3v) is 3.62. The van der Waals surface area contributed by atoms with Crippen LogP contribution < -0.4 is 5.73 Å². The van der Waals surface area contributed by atoms with Crippen LogP contribution in [0.1, 0.15) is 42.8 Å². The van der Waals surface area contributed by atoms with Crippen LogP contribution in [0.3, 0.4) is 0 Å². The maximum atomic E-state index is 6.15. The van der Waals surface area contributed by atoms with Crippen molar-refractivity contribution in [2.75, 3.05) is 7.11 Å². The summed E-state index contributed by atoms with van der Waals surface area (Å²) in [6, 6.07) is 2.49. The zero-order valence-electron chi connectivity index (χ0n) is 10.5. The van der Waals surface area contributed by atoms with Gasteiger partial charge in [-0.1, -0.05) is 0 Å². The lowest BCUT2D eigenvalue weighted by atomic mass is 9.93. The minimum absolute atomic E-state index is 0.238. The van der Waals surface area contributed by atoms with Gasteiger partial charge in [0.1, 0.15) is 0 Å². The summed E-state index contributed by atoms with van der Waals surface area (Å²) in [5, 5.41) is 0. The number of hydrogen-bond donors (Lipinski definition) is 1. The Morgan fingerprint density at radius 2 is 2.38 bits per heavy atom. The van der Waals surface area contributed by atoms with Gasteiger partial charge < -0.3 is 15.0 Å². The molecule has 1 heterocycles. The molecule has 0 radical (unpaired) electrons. The number of methoxy groups -OCH3 is 1. The van der Waals surface area contributed by atoms with E-state index in [2.05, 4.69) is 24.5 Å². The van der Waals surface area contributed by atoms with Crippen LogP contribution in [0.25, 0.3) is 0 Å². The van der Waals surface area contributed by atoms with E-state index in [-0.39, 0.29) is 12.1 Å². The molecule has 3 nitrogen and oxygen atoms in total. The molecule has 1 aliphatic rings. The molecule has 90 valence electrons. The Morgan fingerprint density at radius 3 is 3.06 bits per heavy atom. The second-order valence-corrected chi connectivity index (χ2v) is 4.84. The van der Waals surface area contributed by atoms with E-state index in [4.69, 9.17) is 10.5 Å². The first-order chi connectivity index (χ1) is 7.63. The Labute approximate surface area is 97.6 Å². The number of ether oxygens (including phenoxy) is 1. The van der Waals surface area contributed by atoms with Crippen molar-refractivity contribution < 1.29 is 4.74 Å². The van der Waals surface area contributed by atoms with Crippen LogP contribution in [0.2, 0.25) is 0 Å². The SMILES string of the molecule is COC(C)Cn1c(C)cc2c1CCCC2N. The third-order valence-electron chi connectivity index (χ3n) is 3.62. The number of aromatic nitrogens is 1. The van der Waals surface area contributed by atoms with E-state index in [9.17, 15) is 0 Å². The molecule has 2 unspecified atom stereocenters. The Bertz CT molecular complexity index is 370. The average Bonchev–Trinajstić information content (AvgIpc) is 2.58. The molecule has 2 atom stereocenters. The molecule has 2 rings (SSSR count).